The van der Waals surface area contributed by atoms with Crippen LogP contribution in [0.4, 0.5) is 5.82 Å². The van der Waals surface area contributed by atoms with Crippen LogP contribution in [0.2, 0.25) is 0 Å². The van der Waals surface area contributed by atoms with Gasteiger partial charge in [-0.05, 0) is 33.6 Å². The van der Waals surface area contributed by atoms with Gasteiger partial charge in [-0.1, -0.05) is 12.8 Å². The highest BCUT2D eigenvalue weighted by molar-refractivity contribution is 5.92. The molecule has 1 aliphatic heterocycles. The number of carbonyl (C=O) groups is 1. The molecule has 0 aliphatic carbocycles. The van der Waals surface area contributed by atoms with E-state index in [-0.39, 0.29) is 11.4 Å². The van der Waals surface area contributed by atoms with Gasteiger partial charge in [0.2, 0.25) is 0 Å². The molecule has 1 saturated heterocycles. The van der Waals surface area contributed by atoms with Gasteiger partial charge in [-0.25, -0.2) is 9.97 Å². The van der Waals surface area contributed by atoms with Crippen LogP contribution in [0.1, 0.15) is 56.9 Å². The number of likely N-dealkylation sites (tertiary alicyclic amines) is 1. The van der Waals surface area contributed by atoms with Crippen LogP contribution in [0.15, 0.2) is 12.4 Å². The molecule has 0 saturated carbocycles. The Kier molecular flexibility index (Phi) is 4.57. The first-order valence-electron chi connectivity index (χ1n) is 7.35. The minimum Gasteiger partial charge on any atom is -0.365 e. The summed E-state index contributed by atoms with van der Waals surface area (Å²) in [6.07, 6.45) is 6.06. The number of amides is 1. The highest BCUT2D eigenvalue weighted by atomic mass is 16.2. The Morgan fingerprint density at radius 2 is 1.80 bits per heavy atom. The van der Waals surface area contributed by atoms with Crippen LogP contribution in [-0.2, 0) is 0 Å². The summed E-state index contributed by atoms with van der Waals surface area (Å²) in [7, 11) is 0. The molecule has 0 bridgehead atoms. The summed E-state index contributed by atoms with van der Waals surface area (Å²) < 4.78 is 0. The Morgan fingerprint density at radius 1 is 1.15 bits per heavy atom. The monoisotopic (exact) mass is 276 g/mol. The van der Waals surface area contributed by atoms with Crippen molar-refractivity contribution in [2.24, 2.45) is 0 Å². The summed E-state index contributed by atoms with van der Waals surface area (Å²) in [4.78, 5) is 22.7. The van der Waals surface area contributed by atoms with Gasteiger partial charge in [0.1, 0.15) is 17.8 Å². The number of anilines is 1. The summed E-state index contributed by atoms with van der Waals surface area (Å²) in [5, 5.41) is 3.27. The Labute approximate surface area is 120 Å². The van der Waals surface area contributed by atoms with E-state index >= 15 is 0 Å². The quantitative estimate of drug-likeness (QED) is 0.902. The van der Waals surface area contributed by atoms with Crippen molar-refractivity contribution in [2.75, 3.05) is 18.4 Å². The molecule has 1 fully saturated rings. The molecular formula is C15H24N4O. The molecule has 5 nitrogen and oxygen atoms in total. The Bertz CT molecular complexity index is 459. The smallest absolute Gasteiger partial charge is 0.272 e. The molecule has 1 amide bonds. The normalized spacial score (nSPS) is 16.6. The lowest BCUT2D eigenvalue weighted by atomic mass is 10.1. The predicted octanol–water partition coefficient (Wildman–Crippen LogP) is 2.70. The van der Waals surface area contributed by atoms with E-state index < -0.39 is 0 Å². The van der Waals surface area contributed by atoms with Crippen molar-refractivity contribution in [3.05, 3.63) is 18.1 Å². The van der Waals surface area contributed by atoms with E-state index in [1.807, 2.05) is 4.90 Å². The number of nitrogens with zero attached hydrogens (tertiary/aromatic N) is 3. The fourth-order valence-corrected chi connectivity index (χ4v) is 2.36. The molecule has 0 radical (unpaired) electrons. The van der Waals surface area contributed by atoms with Gasteiger partial charge in [0.05, 0.1) is 0 Å². The highest BCUT2D eigenvalue weighted by Gasteiger charge is 2.19. The second kappa shape index (κ2) is 6.20. The molecule has 1 aromatic heterocycles. The summed E-state index contributed by atoms with van der Waals surface area (Å²) in [5.41, 5.74) is 0.394. The Morgan fingerprint density at radius 3 is 2.40 bits per heavy atom. The molecule has 1 aromatic rings. The summed E-state index contributed by atoms with van der Waals surface area (Å²) in [6, 6.07) is 1.75. The largest absolute Gasteiger partial charge is 0.365 e. The third-order valence-corrected chi connectivity index (χ3v) is 3.28. The van der Waals surface area contributed by atoms with Gasteiger partial charge in [-0.2, -0.15) is 0 Å². The standard InChI is InChI=1S/C15H24N4O/c1-15(2,3)18-13-10-12(16-11-17-13)14(20)19-8-6-4-5-7-9-19/h10-11H,4-9H2,1-3H3,(H,16,17,18). The van der Waals surface area contributed by atoms with Crippen LogP contribution in [0.25, 0.3) is 0 Å². The molecule has 2 rings (SSSR count). The van der Waals surface area contributed by atoms with Crippen LogP contribution in [0.3, 0.4) is 0 Å². The van der Waals surface area contributed by atoms with Crippen LogP contribution >= 0.6 is 0 Å². The number of carbonyl (C=O) groups excluding carboxylic acids is 1. The molecule has 5 heteroatoms. The van der Waals surface area contributed by atoms with Crippen LogP contribution < -0.4 is 5.32 Å². The van der Waals surface area contributed by atoms with Gasteiger partial charge < -0.3 is 10.2 Å². The van der Waals surface area contributed by atoms with Gasteiger partial charge in [0, 0.05) is 24.7 Å². The molecule has 1 N–H and O–H groups in total. The third kappa shape index (κ3) is 4.18. The minimum absolute atomic E-state index is 0.0197. The number of hydrogen-bond acceptors (Lipinski definition) is 4. The van der Waals surface area contributed by atoms with E-state index in [1.165, 1.54) is 19.2 Å². The van der Waals surface area contributed by atoms with E-state index in [2.05, 4.69) is 36.1 Å². The average molecular weight is 276 g/mol. The topological polar surface area (TPSA) is 58.1 Å². The van der Waals surface area contributed by atoms with Gasteiger partial charge in [0.15, 0.2) is 0 Å². The molecule has 0 atom stereocenters. The molecular weight excluding hydrogens is 252 g/mol. The second-order valence-electron chi connectivity index (χ2n) is 6.37. The lowest BCUT2D eigenvalue weighted by Gasteiger charge is -2.22. The first kappa shape index (κ1) is 14.8. The van der Waals surface area contributed by atoms with Crippen molar-refractivity contribution in [2.45, 2.75) is 52.0 Å². The SMILES string of the molecule is CC(C)(C)Nc1cc(C(=O)N2CCCCCC2)ncn1. The van der Waals surface area contributed by atoms with Crippen LogP contribution in [-0.4, -0.2) is 39.4 Å². The molecule has 2 heterocycles. The van der Waals surface area contributed by atoms with Crippen molar-refractivity contribution in [1.82, 2.24) is 14.9 Å². The van der Waals surface area contributed by atoms with Gasteiger partial charge in [-0.15, -0.1) is 0 Å². The average Bonchev–Trinajstić information content (AvgIpc) is 2.65. The molecule has 0 aromatic carbocycles. The molecule has 110 valence electrons. The third-order valence-electron chi connectivity index (χ3n) is 3.28. The van der Waals surface area contributed by atoms with Gasteiger partial charge >= 0.3 is 0 Å². The molecule has 20 heavy (non-hydrogen) atoms. The maximum atomic E-state index is 12.5. The van der Waals surface area contributed by atoms with Crippen molar-refractivity contribution >= 4 is 11.7 Å². The fraction of sp³-hybridized carbons (Fsp3) is 0.667. The molecule has 0 unspecified atom stereocenters. The number of hydrogen-bond donors (Lipinski definition) is 1. The first-order valence-corrected chi connectivity index (χ1v) is 7.35. The second-order valence-corrected chi connectivity index (χ2v) is 6.37. The zero-order valence-corrected chi connectivity index (χ0v) is 12.6. The van der Waals surface area contributed by atoms with E-state index in [4.69, 9.17) is 0 Å². The van der Waals surface area contributed by atoms with Crippen LogP contribution in [0, 0.1) is 0 Å². The van der Waals surface area contributed by atoms with Crippen molar-refractivity contribution in [3.8, 4) is 0 Å². The minimum atomic E-state index is -0.0860. The van der Waals surface area contributed by atoms with Crippen molar-refractivity contribution in [1.29, 1.82) is 0 Å². The predicted molar refractivity (Wildman–Crippen MR) is 79.8 cm³/mol. The highest BCUT2D eigenvalue weighted by Crippen LogP contribution is 2.15. The molecule has 1 aliphatic rings. The Balaban J connectivity index is 2.11. The van der Waals surface area contributed by atoms with E-state index in [1.54, 1.807) is 6.07 Å². The number of rotatable bonds is 2. The number of nitrogens with one attached hydrogen (secondary N) is 1. The van der Waals surface area contributed by atoms with Crippen molar-refractivity contribution in [3.63, 3.8) is 0 Å². The van der Waals surface area contributed by atoms with E-state index in [0.717, 1.165) is 25.9 Å². The maximum absolute atomic E-state index is 12.5. The summed E-state index contributed by atoms with van der Waals surface area (Å²) in [5.74, 6) is 0.719. The summed E-state index contributed by atoms with van der Waals surface area (Å²) in [6.45, 7) is 7.86. The summed E-state index contributed by atoms with van der Waals surface area (Å²) >= 11 is 0. The first-order chi connectivity index (χ1) is 9.46. The van der Waals surface area contributed by atoms with E-state index in [9.17, 15) is 4.79 Å². The van der Waals surface area contributed by atoms with Crippen LogP contribution in [0.5, 0.6) is 0 Å². The lowest BCUT2D eigenvalue weighted by molar-refractivity contribution is 0.0755. The fourth-order valence-electron chi connectivity index (χ4n) is 2.36. The number of aromatic nitrogens is 2. The van der Waals surface area contributed by atoms with Gasteiger partial charge in [-0.3, -0.25) is 4.79 Å². The zero-order chi connectivity index (χ0) is 14.6. The van der Waals surface area contributed by atoms with Gasteiger partial charge in [0.25, 0.3) is 5.91 Å². The Hall–Kier alpha value is -1.65. The maximum Gasteiger partial charge on any atom is 0.272 e. The van der Waals surface area contributed by atoms with Crippen molar-refractivity contribution < 1.29 is 4.79 Å². The van der Waals surface area contributed by atoms with E-state index in [0.29, 0.717) is 11.5 Å². The molecule has 0 spiro atoms. The lowest BCUT2D eigenvalue weighted by Crippen LogP contribution is -2.33. The zero-order valence-electron chi connectivity index (χ0n) is 12.6.